The van der Waals surface area contributed by atoms with E-state index >= 15 is 0 Å². The Morgan fingerprint density at radius 1 is 1.13 bits per heavy atom. The van der Waals surface area contributed by atoms with Crippen molar-refractivity contribution < 1.29 is 39.8 Å². The van der Waals surface area contributed by atoms with Gasteiger partial charge < -0.3 is 35.0 Å². The predicted octanol–water partition coefficient (Wildman–Crippen LogP) is 2.38. The van der Waals surface area contributed by atoms with Gasteiger partial charge in [0.2, 0.25) is 0 Å². The van der Waals surface area contributed by atoms with Crippen LogP contribution in [0.3, 0.4) is 0 Å². The third-order valence-electron chi connectivity index (χ3n) is 12.1. The molecule has 4 aliphatic carbocycles. The van der Waals surface area contributed by atoms with Gasteiger partial charge in [0.05, 0.1) is 35.6 Å². The van der Waals surface area contributed by atoms with Gasteiger partial charge in [-0.05, 0) is 73.8 Å². The average molecular weight is 551 g/mol. The van der Waals surface area contributed by atoms with Crippen molar-refractivity contribution in [2.24, 2.45) is 40.4 Å². The van der Waals surface area contributed by atoms with Crippen molar-refractivity contribution in [3.8, 4) is 0 Å². The summed E-state index contributed by atoms with van der Waals surface area (Å²) in [7, 11) is 0. The Balaban J connectivity index is 1.46. The Labute approximate surface area is 232 Å². The highest BCUT2D eigenvalue weighted by Crippen LogP contribution is 2.70. The molecule has 0 spiro atoms. The smallest absolute Gasteiger partial charge is 0.159 e. The lowest BCUT2D eigenvalue weighted by Crippen LogP contribution is -2.63. The molecular weight excluding hydrogens is 500 g/mol. The van der Waals surface area contributed by atoms with E-state index in [0.29, 0.717) is 32.3 Å². The van der Waals surface area contributed by atoms with E-state index in [-0.39, 0.29) is 48.4 Å². The molecule has 0 amide bonds. The lowest BCUT2D eigenvalue weighted by atomic mass is 9.45. The summed E-state index contributed by atoms with van der Waals surface area (Å²) in [5.74, 6) is -0.685. The maximum Gasteiger partial charge on any atom is 0.159 e. The van der Waals surface area contributed by atoms with Crippen LogP contribution in [0.15, 0.2) is 11.6 Å². The van der Waals surface area contributed by atoms with Crippen molar-refractivity contribution in [2.75, 3.05) is 13.2 Å². The highest BCUT2D eigenvalue weighted by molar-refractivity contribution is 5.95. The van der Waals surface area contributed by atoms with Crippen molar-refractivity contribution in [2.45, 2.75) is 122 Å². The van der Waals surface area contributed by atoms with Crippen LogP contribution in [-0.2, 0) is 14.3 Å². The lowest BCUT2D eigenvalue weighted by molar-refractivity contribution is -0.178. The largest absolute Gasteiger partial charge is 0.396 e. The van der Waals surface area contributed by atoms with Gasteiger partial charge in [-0.2, -0.15) is 0 Å². The molecule has 39 heavy (non-hydrogen) atoms. The number of carbonyl (C=O) groups is 1. The van der Waals surface area contributed by atoms with Crippen molar-refractivity contribution in [1.29, 1.82) is 0 Å². The van der Waals surface area contributed by atoms with Crippen LogP contribution in [0.2, 0.25) is 0 Å². The third kappa shape index (κ3) is 4.15. The van der Waals surface area contributed by atoms with E-state index in [9.17, 15) is 25.2 Å². The number of ether oxygens (including phenoxy) is 2. The molecule has 0 aromatic heterocycles. The maximum absolute atomic E-state index is 13.6. The summed E-state index contributed by atoms with van der Waals surface area (Å²) in [6, 6.07) is 0. The second-order valence-electron chi connectivity index (χ2n) is 14.5. The number of aliphatic hydroxyl groups is 5. The first-order valence-electron chi connectivity index (χ1n) is 15.1. The number of hydrogen-bond donors (Lipinski definition) is 5. The zero-order valence-electron chi connectivity index (χ0n) is 24.5. The third-order valence-corrected chi connectivity index (χ3v) is 12.1. The standard InChI is InChI=1S/C31H50O8/c1-16(2)17(3)25(35)27-30(6,36)26-24(39-27)15-31(37)19-12-21(33)20-13-22(34)23(38-11-7-10-32)14-28(20,4)18(19)8-9-29(26,31)5/h12,16-18,20,22-27,32,34-37H,7-11,13-15H2,1-6H3/t17-,18-,20-,22+,23-,24-,25-,26-,27-,28+,29+,30+,31+/m0/s1. The highest BCUT2D eigenvalue weighted by atomic mass is 16.5. The second-order valence-corrected chi connectivity index (χ2v) is 14.5. The van der Waals surface area contributed by atoms with Crippen molar-refractivity contribution >= 4 is 5.78 Å². The molecule has 4 fully saturated rings. The number of fused-ring (bicyclic) bond motifs is 7. The monoisotopic (exact) mass is 550 g/mol. The molecule has 0 aromatic rings. The molecule has 0 bridgehead atoms. The van der Waals surface area contributed by atoms with Gasteiger partial charge >= 0.3 is 0 Å². The molecule has 3 saturated carbocycles. The first-order chi connectivity index (χ1) is 18.1. The minimum atomic E-state index is -1.34. The number of ketones is 1. The van der Waals surface area contributed by atoms with E-state index in [1.807, 2.05) is 27.7 Å². The van der Waals surface area contributed by atoms with E-state index in [4.69, 9.17) is 14.6 Å². The zero-order valence-corrected chi connectivity index (χ0v) is 24.5. The van der Waals surface area contributed by atoms with E-state index < -0.39 is 52.6 Å². The van der Waals surface area contributed by atoms with Gasteiger partial charge in [-0.15, -0.1) is 0 Å². The normalized spacial score (nSPS) is 50.6. The average Bonchev–Trinajstić information content (AvgIpc) is 3.26. The SMILES string of the molecule is CC(C)[C@H](C)[C@H](O)[C@@H]1O[C@H]2C[C@@]3(O)C4=CC(=O)[C@@H]5C[C@@H](O)[C@@H](OCCCO)C[C@]5(C)[C@H]4CC[C@]3(C)[C@H]2[C@@]1(C)O. The van der Waals surface area contributed by atoms with E-state index in [0.717, 1.165) is 12.0 Å². The molecule has 222 valence electrons. The van der Waals surface area contributed by atoms with Gasteiger partial charge in [0, 0.05) is 36.9 Å². The topological polar surface area (TPSA) is 137 Å². The Morgan fingerprint density at radius 3 is 2.46 bits per heavy atom. The molecule has 5 rings (SSSR count). The van der Waals surface area contributed by atoms with Gasteiger partial charge in [-0.1, -0.05) is 34.6 Å². The van der Waals surface area contributed by atoms with Crippen LogP contribution >= 0.6 is 0 Å². The molecule has 8 heteroatoms. The Kier molecular flexibility index (Phi) is 7.48. The molecule has 0 unspecified atom stereocenters. The maximum atomic E-state index is 13.6. The Morgan fingerprint density at radius 2 is 1.82 bits per heavy atom. The summed E-state index contributed by atoms with van der Waals surface area (Å²) in [6.45, 7) is 12.3. The van der Waals surface area contributed by atoms with Crippen LogP contribution in [0, 0.1) is 40.4 Å². The van der Waals surface area contributed by atoms with Crippen LogP contribution in [0.25, 0.3) is 0 Å². The number of rotatable bonds is 7. The molecule has 1 aliphatic heterocycles. The van der Waals surface area contributed by atoms with Crippen LogP contribution < -0.4 is 0 Å². The number of carbonyl (C=O) groups excluding carboxylic acids is 1. The van der Waals surface area contributed by atoms with Crippen LogP contribution in [-0.4, -0.2) is 86.3 Å². The van der Waals surface area contributed by atoms with Crippen LogP contribution in [0.5, 0.6) is 0 Å². The summed E-state index contributed by atoms with van der Waals surface area (Å²) in [5.41, 5.74) is -3.12. The summed E-state index contributed by atoms with van der Waals surface area (Å²) in [6.07, 6.45) is 1.47. The summed E-state index contributed by atoms with van der Waals surface area (Å²) in [4.78, 5) is 13.6. The minimum Gasteiger partial charge on any atom is -0.396 e. The van der Waals surface area contributed by atoms with Gasteiger partial charge in [0.25, 0.3) is 0 Å². The lowest BCUT2D eigenvalue weighted by Gasteiger charge is -2.60. The molecular formula is C31H50O8. The summed E-state index contributed by atoms with van der Waals surface area (Å²) < 4.78 is 12.4. The van der Waals surface area contributed by atoms with Gasteiger partial charge in [-0.3, -0.25) is 4.79 Å². The highest BCUT2D eigenvalue weighted by Gasteiger charge is 2.75. The van der Waals surface area contributed by atoms with Crippen LogP contribution in [0.4, 0.5) is 0 Å². The van der Waals surface area contributed by atoms with Crippen molar-refractivity contribution in [3.05, 3.63) is 11.6 Å². The Hall–Kier alpha value is -0.870. The first kappa shape index (κ1) is 29.6. The van der Waals surface area contributed by atoms with Crippen LogP contribution in [0.1, 0.15) is 80.1 Å². The van der Waals surface area contributed by atoms with Crippen molar-refractivity contribution in [1.82, 2.24) is 0 Å². The van der Waals surface area contributed by atoms with E-state index in [2.05, 4.69) is 6.92 Å². The molecule has 13 atom stereocenters. The fourth-order valence-corrected chi connectivity index (χ4v) is 9.58. The molecule has 0 aromatic carbocycles. The number of hydrogen-bond acceptors (Lipinski definition) is 8. The molecule has 0 radical (unpaired) electrons. The molecule has 5 N–H and O–H groups in total. The molecule has 8 nitrogen and oxygen atoms in total. The van der Waals surface area contributed by atoms with Gasteiger partial charge in [-0.25, -0.2) is 0 Å². The summed E-state index contributed by atoms with van der Waals surface area (Å²) in [5, 5.41) is 55.7. The molecule has 1 saturated heterocycles. The van der Waals surface area contributed by atoms with E-state index in [1.54, 1.807) is 13.0 Å². The fraction of sp³-hybridized carbons (Fsp3) is 0.903. The molecule has 5 aliphatic rings. The fourth-order valence-electron chi connectivity index (χ4n) is 9.58. The van der Waals surface area contributed by atoms with Gasteiger partial charge in [0.15, 0.2) is 5.78 Å². The Bertz CT molecular complexity index is 993. The first-order valence-corrected chi connectivity index (χ1v) is 15.1. The second kappa shape index (κ2) is 9.85. The molecule has 1 heterocycles. The zero-order chi connectivity index (χ0) is 28.7. The minimum absolute atomic E-state index is 0.0186. The quantitative estimate of drug-likeness (QED) is 0.305. The number of aliphatic hydroxyl groups excluding tert-OH is 3. The number of allylic oxidation sites excluding steroid dienone is 1. The predicted molar refractivity (Wildman–Crippen MR) is 145 cm³/mol. The van der Waals surface area contributed by atoms with Gasteiger partial charge in [0.1, 0.15) is 6.10 Å². The van der Waals surface area contributed by atoms with E-state index in [1.165, 1.54) is 0 Å². The summed E-state index contributed by atoms with van der Waals surface area (Å²) >= 11 is 0. The van der Waals surface area contributed by atoms with Crippen molar-refractivity contribution in [3.63, 3.8) is 0 Å².